The maximum absolute atomic E-state index is 12.8. The first-order chi connectivity index (χ1) is 14.4. The highest BCUT2D eigenvalue weighted by atomic mass is 16.5. The van der Waals surface area contributed by atoms with Gasteiger partial charge in [0, 0.05) is 16.7 Å². The molecule has 1 atom stereocenters. The molecule has 150 valence electrons. The fourth-order valence-corrected chi connectivity index (χ4v) is 2.97. The SMILES string of the molecule is COc1ccc2nc(-c3ccccc3)cc(C(=O)OCC(=O)C(C#N)C(C)=N)c2c1. The lowest BCUT2D eigenvalue weighted by Crippen LogP contribution is -2.25. The Balaban J connectivity index is 1.99. The van der Waals surface area contributed by atoms with Crippen molar-refractivity contribution in [3.05, 3.63) is 60.2 Å². The van der Waals surface area contributed by atoms with Crippen molar-refractivity contribution in [2.45, 2.75) is 6.92 Å². The van der Waals surface area contributed by atoms with Crippen LogP contribution in [0, 0.1) is 22.7 Å². The second kappa shape index (κ2) is 8.97. The van der Waals surface area contributed by atoms with Crippen LogP contribution in [0.15, 0.2) is 54.6 Å². The van der Waals surface area contributed by atoms with Gasteiger partial charge in [0.2, 0.25) is 0 Å². The number of hydrogen-bond acceptors (Lipinski definition) is 7. The van der Waals surface area contributed by atoms with E-state index in [9.17, 15) is 9.59 Å². The number of aromatic nitrogens is 1. The topological polar surface area (TPSA) is 113 Å². The van der Waals surface area contributed by atoms with Gasteiger partial charge in [0.05, 0.1) is 30.0 Å². The molecule has 7 nitrogen and oxygen atoms in total. The molecule has 0 aliphatic heterocycles. The van der Waals surface area contributed by atoms with Crippen LogP contribution in [0.4, 0.5) is 0 Å². The predicted octanol–water partition coefficient (Wildman–Crippen LogP) is 3.82. The van der Waals surface area contributed by atoms with Crippen molar-refractivity contribution in [1.29, 1.82) is 10.7 Å². The van der Waals surface area contributed by atoms with Crippen LogP contribution in [0.3, 0.4) is 0 Å². The standard InChI is InChI=1S/C23H19N3O4/c1-14(25)19(12-24)22(27)13-30-23(28)18-11-21(15-6-4-3-5-7-15)26-20-9-8-16(29-2)10-17(18)20/h3-11,19,25H,13H2,1-2H3. The molecule has 2 aromatic carbocycles. The van der Waals surface area contributed by atoms with E-state index in [1.165, 1.54) is 14.0 Å². The van der Waals surface area contributed by atoms with Gasteiger partial charge < -0.3 is 14.9 Å². The van der Waals surface area contributed by atoms with Gasteiger partial charge in [-0.3, -0.25) is 4.79 Å². The zero-order chi connectivity index (χ0) is 21.7. The number of carbonyl (C=O) groups is 2. The number of benzene rings is 2. The zero-order valence-corrected chi connectivity index (χ0v) is 16.5. The van der Waals surface area contributed by atoms with Crippen molar-refractivity contribution in [1.82, 2.24) is 4.98 Å². The summed E-state index contributed by atoms with van der Waals surface area (Å²) in [7, 11) is 1.52. The molecule has 0 aliphatic rings. The average Bonchev–Trinajstić information content (AvgIpc) is 2.77. The van der Waals surface area contributed by atoms with E-state index < -0.39 is 24.3 Å². The first-order valence-electron chi connectivity index (χ1n) is 9.13. The number of rotatable bonds is 7. The van der Waals surface area contributed by atoms with Gasteiger partial charge in [-0.05, 0) is 31.2 Å². The molecule has 1 aromatic heterocycles. The second-order valence-electron chi connectivity index (χ2n) is 6.59. The number of esters is 1. The highest BCUT2D eigenvalue weighted by Crippen LogP contribution is 2.28. The second-order valence-corrected chi connectivity index (χ2v) is 6.59. The highest BCUT2D eigenvalue weighted by molar-refractivity contribution is 6.08. The Bertz CT molecular complexity index is 1170. The summed E-state index contributed by atoms with van der Waals surface area (Å²) in [4.78, 5) is 29.6. The van der Waals surface area contributed by atoms with E-state index in [1.807, 2.05) is 30.3 Å². The maximum atomic E-state index is 12.8. The Labute approximate surface area is 173 Å². The van der Waals surface area contributed by atoms with Crippen LogP contribution in [0.25, 0.3) is 22.2 Å². The van der Waals surface area contributed by atoms with Crippen LogP contribution in [-0.2, 0) is 9.53 Å². The number of nitrogens with zero attached hydrogens (tertiary/aromatic N) is 2. The van der Waals surface area contributed by atoms with Crippen LogP contribution >= 0.6 is 0 Å². The van der Waals surface area contributed by atoms with Crippen molar-refractivity contribution in [3.63, 3.8) is 0 Å². The molecule has 0 saturated carbocycles. The Morgan fingerprint density at radius 3 is 2.53 bits per heavy atom. The summed E-state index contributed by atoms with van der Waals surface area (Å²) in [5, 5.41) is 17.1. The third-order valence-electron chi connectivity index (χ3n) is 4.53. The minimum atomic E-state index is -1.23. The van der Waals surface area contributed by atoms with Gasteiger partial charge in [-0.1, -0.05) is 30.3 Å². The van der Waals surface area contributed by atoms with Gasteiger partial charge in [0.25, 0.3) is 0 Å². The third-order valence-corrected chi connectivity index (χ3v) is 4.53. The molecule has 1 heterocycles. The van der Waals surface area contributed by atoms with Gasteiger partial charge in [-0.25, -0.2) is 9.78 Å². The Kier molecular flexibility index (Phi) is 6.18. The van der Waals surface area contributed by atoms with Crippen LogP contribution < -0.4 is 4.74 Å². The molecular weight excluding hydrogens is 382 g/mol. The molecular formula is C23H19N3O4. The number of pyridine rings is 1. The highest BCUT2D eigenvalue weighted by Gasteiger charge is 2.23. The van der Waals surface area contributed by atoms with E-state index in [0.717, 1.165) is 5.56 Å². The van der Waals surface area contributed by atoms with Crippen molar-refractivity contribution in [2.75, 3.05) is 13.7 Å². The summed E-state index contributed by atoms with van der Waals surface area (Å²) in [6.07, 6.45) is 0. The van der Waals surface area contributed by atoms with Gasteiger partial charge in [0.15, 0.2) is 12.4 Å². The lowest BCUT2D eigenvalue weighted by molar-refractivity contribution is -0.122. The van der Waals surface area contributed by atoms with E-state index in [-0.39, 0.29) is 11.3 Å². The molecule has 1 unspecified atom stereocenters. The van der Waals surface area contributed by atoms with Gasteiger partial charge in [-0.15, -0.1) is 0 Å². The summed E-state index contributed by atoms with van der Waals surface area (Å²) in [6.45, 7) is 0.768. The number of ether oxygens (including phenoxy) is 2. The summed E-state index contributed by atoms with van der Waals surface area (Å²) in [6, 6.07) is 17.9. The number of nitriles is 1. The Morgan fingerprint density at radius 2 is 1.90 bits per heavy atom. The Morgan fingerprint density at radius 1 is 1.17 bits per heavy atom. The van der Waals surface area contributed by atoms with Gasteiger partial charge >= 0.3 is 5.97 Å². The zero-order valence-electron chi connectivity index (χ0n) is 16.5. The molecule has 0 amide bonds. The van der Waals surface area contributed by atoms with Crippen molar-refractivity contribution < 1.29 is 19.1 Å². The third kappa shape index (κ3) is 4.33. The lowest BCUT2D eigenvalue weighted by Gasteiger charge is -2.12. The number of carbonyl (C=O) groups excluding carboxylic acids is 2. The normalized spacial score (nSPS) is 11.4. The van der Waals surface area contributed by atoms with Crippen LogP contribution in [-0.4, -0.2) is 36.2 Å². The van der Waals surface area contributed by atoms with E-state index in [2.05, 4.69) is 4.98 Å². The average molecular weight is 401 g/mol. The summed E-state index contributed by atoms with van der Waals surface area (Å²) < 4.78 is 10.4. The Hall–Kier alpha value is -4.05. The molecule has 0 radical (unpaired) electrons. The van der Waals surface area contributed by atoms with Crippen molar-refractivity contribution in [2.24, 2.45) is 5.92 Å². The molecule has 0 spiro atoms. The molecule has 1 N–H and O–H groups in total. The molecule has 0 saturated heterocycles. The van der Waals surface area contributed by atoms with Crippen molar-refractivity contribution >= 4 is 28.4 Å². The molecule has 3 rings (SSSR count). The number of Topliss-reactive ketones (excluding diaryl/α,β-unsaturated/α-hetero) is 1. The molecule has 30 heavy (non-hydrogen) atoms. The molecule has 7 heteroatoms. The minimum Gasteiger partial charge on any atom is -0.497 e. The maximum Gasteiger partial charge on any atom is 0.339 e. The van der Waals surface area contributed by atoms with Crippen LogP contribution in [0.1, 0.15) is 17.3 Å². The number of nitrogens with one attached hydrogen (secondary N) is 1. The molecule has 0 fully saturated rings. The first-order valence-corrected chi connectivity index (χ1v) is 9.13. The number of methoxy groups -OCH3 is 1. The summed E-state index contributed by atoms with van der Waals surface area (Å²) in [5.41, 5.74) is 2.11. The monoisotopic (exact) mass is 401 g/mol. The van der Waals surface area contributed by atoms with E-state index in [0.29, 0.717) is 22.3 Å². The quantitative estimate of drug-likeness (QED) is 0.476. The van der Waals surface area contributed by atoms with Gasteiger partial charge in [-0.2, -0.15) is 5.26 Å². The molecule has 3 aromatic rings. The van der Waals surface area contributed by atoms with E-state index >= 15 is 0 Å². The van der Waals surface area contributed by atoms with E-state index in [1.54, 1.807) is 30.3 Å². The fraction of sp³-hybridized carbons (Fsp3) is 0.174. The lowest BCUT2D eigenvalue weighted by atomic mass is 10.0. The molecule has 0 bridgehead atoms. The first kappa shape index (κ1) is 20.7. The van der Waals surface area contributed by atoms with Gasteiger partial charge in [0.1, 0.15) is 11.7 Å². The predicted molar refractivity (Wildman–Crippen MR) is 112 cm³/mol. The minimum absolute atomic E-state index is 0.0935. The fourth-order valence-electron chi connectivity index (χ4n) is 2.97. The van der Waals surface area contributed by atoms with Crippen molar-refractivity contribution in [3.8, 4) is 23.1 Å². The molecule has 0 aliphatic carbocycles. The van der Waals surface area contributed by atoms with E-state index in [4.69, 9.17) is 20.1 Å². The summed E-state index contributed by atoms with van der Waals surface area (Å²) in [5.74, 6) is -2.05. The van der Waals surface area contributed by atoms with Crippen LogP contribution in [0.2, 0.25) is 0 Å². The number of ketones is 1. The van der Waals surface area contributed by atoms with Crippen LogP contribution in [0.5, 0.6) is 5.75 Å². The largest absolute Gasteiger partial charge is 0.497 e. The smallest absolute Gasteiger partial charge is 0.339 e. The summed E-state index contributed by atoms with van der Waals surface area (Å²) >= 11 is 0. The number of fused-ring (bicyclic) bond motifs is 1. The number of hydrogen-bond donors (Lipinski definition) is 1.